The van der Waals surface area contributed by atoms with Crippen LogP contribution in [0.5, 0.6) is 5.75 Å². The molecule has 0 aliphatic carbocycles. The average Bonchev–Trinajstić information content (AvgIpc) is 3.29. The van der Waals surface area contributed by atoms with Crippen LogP contribution >= 0.6 is 0 Å². The number of hydrogen-bond donors (Lipinski definition) is 1. The SMILES string of the molecule is COc1cccc(N2CC(C(=O)NCC(=O)N3CCCC3)CC2=O)c1. The number of likely N-dealkylation sites (tertiary alicyclic amines) is 1. The van der Waals surface area contributed by atoms with Gasteiger partial charge in [-0.2, -0.15) is 0 Å². The summed E-state index contributed by atoms with van der Waals surface area (Å²) < 4.78 is 5.18. The second kappa shape index (κ2) is 7.55. The van der Waals surface area contributed by atoms with Gasteiger partial charge in [0.2, 0.25) is 17.7 Å². The Morgan fingerprint density at radius 3 is 2.76 bits per heavy atom. The Hall–Kier alpha value is -2.57. The smallest absolute Gasteiger partial charge is 0.241 e. The van der Waals surface area contributed by atoms with Gasteiger partial charge in [0, 0.05) is 37.8 Å². The van der Waals surface area contributed by atoms with Gasteiger partial charge >= 0.3 is 0 Å². The van der Waals surface area contributed by atoms with Crippen molar-refractivity contribution in [3.63, 3.8) is 0 Å². The first-order chi connectivity index (χ1) is 12.1. The third-order valence-electron chi connectivity index (χ3n) is 4.73. The van der Waals surface area contributed by atoms with Crippen LogP contribution < -0.4 is 15.0 Å². The molecule has 2 aliphatic heterocycles. The molecular formula is C18H23N3O4. The first-order valence-electron chi connectivity index (χ1n) is 8.58. The first kappa shape index (κ1) is 17.3. The summed E-state index contributed by atoms with van der Waals surface area (Å²) in [4.78, 5) is 40.0. The molecule has 7 nitrogen and oxygen atoms in total. The van der Waals surface area contributed by atoms with E-state index in [1.54, 1.807) is 29.0 Å². The Kier molecular flexibility index (Phi) is 5.21. The fourth-order valence-corrected chi connectivity index (χ4v) is 3.30. The van der Waals surface area contributed by atoms with Crippen molar-refractivity contribution < 1.29 is 19.1 Å². The number of anilines is 1. The molecule has 25 heavy (non-hydrogen) atoms. The van der Waals surface area contributed by atoms with Gasteiger partial charge in [-0.15, -0.1) is 0 Å². The zero-order valence-electron chi connectivity index (χ0n) is 14.4. The van der Waals surface area contributed by atoms with Crippen LogP contribution in [0.3, 0.4) is 0 Å². The summed E-state index contributed by atoms with van der Waals surface area (Å²) >= 11 is 0. The number of rotatable bonds is 5. The normalized spacial score (nSPS) is 20.0. The standard InChI is InChI=1S/C18H23N3O4/c1-25-15-6-4-5-14(10-15)21-12-13(9-16(21)22)18(24)19-11-17(23)20-7-2-3-8-20/h4-6,10,13H,2-3,7-9,11-12H2,1H3,(H,19,24). The fourth-order valence-electron chi connectivity index (χ4n) is 3.30. The maximum atomic E-state index is 12.3. The number of carbonyl (C=O) groups is 3. The molecule has 134 valence electrons. The summed E-state index contributed by atoms with van der Waals surface area (Å²) in [5.74, 6) is -0.176. The van der Waals surface area contributed by atoms with Crippen molar-refractivity contribution in [1.29, 1.82) is 0 Å². The average molecular weight is 345 g/mol. The van der Waals surface area contributed by atoms with Crippen molar-refractivity contribution in [2.75, 3.05) is 38.2 Å². The Morgan fingerprint density at radius 1 is 1.28 bits per heavy atom. The number of carbonyl (C=O) groups excluding carboxylic acids is 3. The van der Waals surface area contributed by atoms with Crippen LogP contribution in [0, 0.1) is 5.92 Å². The van der Waals surface area contributed by atoms with Crippen LogP contribution in [-0.4, -0.2) is 55.9 Å². The van der Waals surface area contributed by atoms with Crippen LogP contribution in [0.15, 0.2) is 24.3 Å². The van der Waals surface area contributed by atoms with E-state index in [-0.39, 0.29) is 30.7 Å². The summed E-state index contributed by atoms with van der Waals surface area (Å²) in [6, 6.07) is 7.20. The number of ether oxygens (including phenoxy) is 1. The predicted octanol–water partition coefficient (Wildman–Crippen LogP) is 0.787. The molecule has 1 aromatic carbocycles. The molecule has 2 aliphatic rings. The Bertz CT molecular complexity index is 670. The Labute approximate surface area is 146 Å². The summed E-state index contributed by atoms with van der Waals surface area (Å²) in [6.45, 7) is 1.85. The van der Waals surface area contributed by atoms with E-state index in [1.807, 2.05) is 12.1 Å². The second-order valence-corrected chi connectivity index (χ2v) is 6.41. The molecule has 1 N–H and O–H groups in total. The van der Waals surface area contributed by atoms with E-state index in [0.29, 0.717) is 18.0 Å². The zero-order chi connectivity index (χ0) is 17.8. The quantitative estimate of drug-likeness (QED) is 0.856. The minimum Gasteiger partial charge on any atom is -0.497 e. The molecule has 3 amide bonds. The highest BCUT2D eigenvalue weighted by Crippen LogP contribution is 2.27. The summed E-state index contributed by atoms with van der Waals surface area (Å²) in [5.41, 5.74) is 0.716. The van der Waals surface area contributed by atoms with Gasteiger partial charge in [-0.3, -0.25) is 14.4 Å². The molecule has 0 aromatic heterocycles. The van der Waals surface area contributed by atoms with Crippen molar-refractivity contribution in [3.8, 4) is 5.75 Å². The molecule has 0 bridgehead atoms. The third-order valence-corrected chi connectivity index (χ3v) is 4.73. The highest BCUT2D eigenvalue weighted by molar-refractivity contribution is 6.00. The number of benzene rings is 1. The van der Waals surface area contributed by atoms with Gasteiger partial charge in [-0.05, 0) is 25.0 Å². The zero-order valence-corrected chi connectivity index (χ0v) is 14.4. The molecule has 1 atom stereocenters. The lowest BCUT2D eigenvalue weighted by atomic mass is 10.1. The topological polar surface area (TPSA) is 79.0 Å². The molecule has 2 fully saturated rings. The van der Waals surface area contributed by atoms with E-state index < -0.39 is 5.92 Å². The lowest BCUT2D eigenvalue weighted by Crippen LogP contribution is -2.41. The first-order valence-corrected chi connectivity index (χ1v) is 8.58. The minimum absolute atomic E-state index is 0.00266. The number of nitrogens with one attached hydrogen (secondary N) is 1. The monoisotopic (exact) mass is 345 g/mol. The van der Waals surface area contributed by atoms with E-state index in [0.717, 1.165) is 25.9 Å². The number of amides is 3. The van der Waals surface area contributed by atoms with Gasteiger partial charge in [0.15, 0.2) is 0 Å². The summed E-state index contributed by atoms with van der Waals surface area (Å²) in [7, 11) is 1.57. The van der Waals surface area contributed by atoms with Gasteiger partial charge in [-0.25, -0.2) is 0 Å². The molecule has 1 unspecified atom stereocenters. The van der Waals surface area contributed by atoms with E-state index in [9.17, 15) is 14.4 Å². The van der Waals surface area contributed by atoms with Crippen molar-refractivity contribution in [3.05, 3.63) is 24.3 Å². The molecule has 0 radical (unpaired) electrons. The van der Waals surface area contributed by atoms with Gasteiger partial charge in [-0.1, -0.05) is 6.07 Å². The summed E-state index contributed by atoms with van der Waals surface area (Å²) in [6.07, 6.45) is 2.19. The largest absolute Gasteiger partial charge is 0.497 e. The molecule has 1 aromatic rings. The van der Waals surface area contributed by atoms with Crippen molar-refractivity contribution >= 4 is 23.4 Å². The molecule has 0 saturated carbocycles. The van der Waals surface area contributed by atoms with Crippen LogP contribution in [0.25, 0.3) is 0 Å². The molecule has 2 heterocycles. The Balaban J connectivity index is 1.56. The van der Waals surface area contributed by atoms with Crippen molar-refractivity contribution in [2.24, 2.45) is 5.92 Å². The van der Waals surface area contributed by atoms with Crippen LogP contribution in [0.1, 0.15) is 19.3 Å². The maximum absolute atomic E-state index is 12.3. The van der Waals surface area contributed by atoms with E-state index in [4.69, 9.17) is 4.74 Å². The highest BCUT2D eigenvalue weighted by atomic mass is 16.5. The maximum Gasteiger partial charge on any atom is 0.241 e. The van der Waals surface area contributed by atoms with Gasteiger partial charge in [0.25, 0.3) is 0 Å². The van der Waals surface area contributed by atoms with Crippen LogP contribution in [-0.2, 0) is 14.4 Å². The van der Waals surface area contributed by atoms with Crippen LogP contribution in [0.4, 0.5) is 5.69 Å². The van der Waals surface area contributed by atoms with Gasteiger partial charge in [0.05, 0.1) is 19.6 Å². The lowest BCUT2D eigenvalue weighted by molar-refractivity contribution is -0.133. The van der Waals surface area contributed by atoms with E-state index in [2.05, 4.69) is 5.32 Å². The molecule has 0 spiro atoms. The van der Waals surface area contributed by atoms with Gasteiger partial charge in [0.1, 0.15) is 5.75 Å². The molecule has 2 saturated heterocycles. The predicted molar refractivity (Wildman–Crippen MR) is 92.3 cm³/mol. The van der Waals surface area contributed by atoms with E-state index in [1.165, 1.54) is 0 Å². The number of nitrogens with zero attached hydrogens (tertiary/aromatic N) is 2. The highest BCUT2D eigenvalue weighted by Gasteiger charge is 2.35. The molecule has 3 rings (SSSR count). The van der Waals surface area contributed by atoms with Crippen molar-refractivity contribution in [2.45, 2.75) is 19.3 Å². The fraction of sp³-hybridized carbons (Fsp3) is 0.500. The second-order valence-electron chi connectivity index (χ2n) is 6.41. The van der Waals surface area contributed by atoms with E-state index >= 15 is 0 Å². The number of hydrogen-bond acceptors (Lipinski definition) is 4. The van der Waals surface area contributed by atoms with Crippen molar-refractivity contribution in [1.82, 2.24) is 10.2 Å². The Morgan fingerprint density at radius 2 is 2.04 bits per heavy atom. The minimum atomic E-state index is -0.440. The molecular weight excluding hydrogens is 322 g/mol. The summed E-state index contributed by atoms with van der Waals surface area (Å²) in [5, 5.41) is 2.68. The lowest BCUT2D eigenvalue weighted by Gasteiger charge is -2.18. The molecule has 7 heteroatoms. The third kappa shape index (κ3) is 3.92. The van der Waals surface area contributed by atoms with Crippen LogP contribution in [0.2, 0.25) is 0 Å². The number of methoxy groups -OCH3 is 1. The van der Waals surface area contributed by atoms with Gasteiger partial charge < -0.3 is 19.9 Å².